The van der Waals surface area contributed by atoms with Crippen LogP contribution in [0.3, 0.4) is 0 Å². The summed E-state index contributed by atoms with van der Waals surface area (Å²) in [7, 11) is 0. The van der Waals surface area contributed by atoms with Crippen LogP contribution in [0.15, 0.2) is 55.1 Å². The Hall–Kier alpha value is -3.22. The molecule has 0 saturated carbocycles. The second kappa shape index (κ2) is 6.27. The predicted octanol–water partition coefficient (Wildman–Crippen LogP) is 2.58. The molecule has 0 unspecified atom stereocenters. The van der Waals surface area contributed by atoms with E-state index in [2.05, 4.69) is 15.2 Å². The van der Waals surface area contributed by atoms with Gasteiger partial charge in [0.2, 0.25) is 5.82 Å². The number of aliphatic hydroxyl groups is 1. The zero-order valence-corrected chi connectivity index (χ0v) is 12.0. The minimum absolute atomic E-state index is 0.0593. The number of H-pyrrole nitrogens is 1. The van der Waals surface area contributed by atoms with Crippen molar-refractivity contribution >= 4 is 11.5 Å². The van der Waals surface area contributed by atoms with Crippen LogP contribution in [0.1, 0.15) is 21.7 Å². The molecule has 0 spiro atoms. The molecule has 0 fully saturated rings. The number of carbonyl (C=O) groups excluding carboxylic acids is 1. The Morgan fingerprint density at radius 1 is 1.30 bits per heavy atom. The van der Waals surface area contributed by atoms with Gasteiger partial charge in [-0.25, -0.2) is 9.37 Å². The van der Waals surface area contributed by atoms with Gasteiger partial charge in [0.15, 0.2) is 11.5 Å². The third-order valence-corrected chi connectivity index (χ3v) is 3.23. The number of hydrogen-bond donors (Lipinski definition) is 2. The van der Waals surface area contributed by atoms with Crippen molar-refractivity contribution in [1.29, 1.82) is 0 Å². The van der Waals surface area contributed by atoms with Crippen molar-refractivity contribution < 1.29 is 14.3 Å². The number of halogens is 1. The normalized spacial score (nSPS) is 11.6. The third-order valence-electron chi connectivity index (χ3n) is 3.23. The summed E-state index contributed by atoms with van der Waals surface area (Å²) < 4.78 is 14.7. The number of nitrogens with one attached hydrogen (secondary N) is 1. The molecule has 23 heavy (non-hydrogen) atoms. The van der Waals surface area contributed by atoms with E-state index in [1.807, 2.05) is 0 Å². The molecule has 2 aromatic heterocycles. The van der Waals surface area contributed by atoms with E-state index in [4.69, 9.17) is 0 Å². The Kier molecular flexibility index (Phi) is 4.01. The lowest BCUT2D eigenvalue weighted by Crippen LogP contribution is -1.99. The van der Waals surface area contributed by atoms with Crippen molar-refractivity contribution in [2.75, 3.05) is 0 Å². The predicted molar refractivity (Wildman–Crippen MR) is 81.3 cm³/mol. The number of hydrogen-bond acceptors (Lipinski definition) is 4. The highest BCUT2D eigenvalue weighted by atomic mass is 19.1. The van der Waals surface area contributed by atoms with E-state index >= 15 is 0 Å². The Morgan fingerprint density at radius 3 is 2.78 bits per heavy atom. The first-order chi connectivity index (χ1) is 11.1. The zero-order chi connectivity index (χ0) is 16.2. The van der Waals surface area contributed by atoms with E-state index < -0.39 is 0 Å². The maximum atomic E-state index is 12.9. The topological polar surface area (TPSA) is 83.8 Å². The molecule has 0 saturated heterocycles. The summed E-state index contributed by atoms with van der Waals surface area (Å²) in [6.07, 6.45) is 5.78. The van der Waals surface area contributed by atoms with E-state index in [1.165, 1.54) is 18.5 Å². The Labute approximate surface area is 130 Å². The van der Waals surface area contributed by atoms with Crippen molar-refractivity contribution in [2.24, 2.45) is 0 Å². The lowest BCUT2D eigenvalue weighted by atomic mass is 10.2. The fraction of sp³-hybridized carbons (Fsp3) is 0.0625. The number of ketones is 1. The van der Waals surface area contributed by atoms with E-state index in [9.17, 15) is 14.3 Å². The molecule has 2 heterocycles. The summed E-state index contributed by atoms with van der Waals surface area (Å²) in [6, 6.07) is 7.80. The number of aliphatic hydroxyl groups excluding tert-OH is 1. The number of nitrogens with zero attached hydrogens (tertiary/aromatic N) is 3. The second-order valence-corrected chi connectivity index (χ2v) is 4.92. The Morgan fingerprint density at radius 2 is 2.09 bits per heavy atom. The van der Waals surface area contributed by atoms with E-state index in [0.717, 1.165) is 11.6 Å². The third kappa shape index (κ3) is 3.52. The molecule has 1 aromatic carbocycles. The molecule has 2 N–H and O–H groups in total. The second-order valence-electron chi connectivity index (χ2n) is 4.92. The highest BCUT2D eigenvalue weighted by Gasteiger charge is 2.10. The van der Waals surface area contributed by atoms with Gasteiger partial charge < -0.3 is 9.67 Å². The average molecular weight is 312 g/mol. The van der Waals surface area contributed by atoms with Gasteiger partial charge in [-0.05, 0) is 23.8 Å². The summed E-state index contributed by atoms with van der Waals surface area (Å²) in [5.41, 5.74) is 1.34. The number of aromatic nitrogens is 4. The minimum Gasteiger partial charge on any atom is -0.504 e. The highest BCUT2D eigenvalue weighted by molar-refractivity contribution is 6.07. The number of benzene rings is 1. The van der Waals surface area contributed by atoms with Gasteiger partial charge in [0.25, 0.3) is 0 Å². The van der Waals surface area contributed by atoms with Gasteiger partial charge in [0.05, 0.1) is 0 Å². The van der Waals surface area contributed by atoms with Crippen LogP contribution in [0, 0.1) is 5.82 Å². The van der Waals surface area contributed by atoms with Crippen molar-refractivity contribution in [1.82, 2.24) is 19.7 Å². The molecule has 0 aliphatic heterocycles. The smallest absolute Gasteiger partial charge is 0.215 e. The van der Waals surface area contributed by atoms with E-state index in [1.54, 1.807) is 35.2 Å². The van der Waals surface area contributed by atoms with Crippen LogP contribution in [0.2, 0.25) is 0 Å². The van der Waals surface area contributed by atoms with Gasteiger partial charge in [0, 0.05) is 30.6 Å². The molecule has 116 valence electrons. The van der Waals surface area contributed by atoms with Gasteiger partial charge in [-0.1, -0.05) is 12.1 Å². The average Bonchev–Trinajstić information content (AvgIpc) is 3.21. The van der Waals surface area contributed by atoms with Crippen LogP contribution in [0.25, 0.3) is 5.76 Å². The monoisotopic (exact) mass is 312 g/mol. The summed E-state index contributed by atoms with van der Waals surface area (Å²) >= 11 is 0. The summed E-state index contributed by atoms with van der Waals surface area (Å²) in [5.74, 6) is -0.888. The number of carbonyl (C=O) groups is 1. The fourth-order valence-corrected chi connectivity index (χ4v) is 2.09. The zero-order valence-electron chi connectivity index (χ0n) is 12.0. The van der Waals surface area contributed by atoms with Crippen LogP contribution in [0.5, 0.6) is 0 Å². The molecule has 3 aromatic rings. The van der Waals surface area contributed by atoms with Crippen molar-refractivity contribution in [3.63, 3.8) is 0 Å². The number of aromatic amines is 1. The number of rotatable bonds is 5. The molecule has 6 nitrogen and oxygen atoms in total. The van der Waals surface area contributed by atoms with Gasteiger partial charge in [0.1, 0.15) is 12.1 Å². The molecule has 3 rings (SSSR count). The first-order valence-corrected chi connectivity index (χ1v) is 6.83. The molecule has 0 aliphatic carbocycles. The minimum atomic E-state index is -0.356. The summed E-state index contributed by atoms with van der Waals surface area (Å²) in [6.45, 7) is 0.518. The number of allylic oxidation sites excluding steroid dienone is 1. The molecular weight excluding hydrogens is 299 g/mol. The summed E-state index contributed by atoms with van der Waals surface area (Å²) in [4.78, 5) is 15.9. The lowest BCUT2D eigenvalue weighted by Gasteiger charge is -2.02. The van der Waals surface area contributed by atoms with Gasteiger partial charge in [-0.15, -0.1) is 0 Å². The molecular formula is C16H13FN4O2. The largest absolute Gasteiger partial charge is 0.504 e. The first-order valence-electron chi connectivity index (χ1n) is 6.83. The maximum absolute atomic E-state index is 12.9. The van der Waals surface area contributed by atoms with Crippen molar-refractivity contribution in [2.45, 2.75) is 6.54 Å². The molecule has 0 atom stereocenters. The van der Waals surface area contributed by atoms with Crippen LogP contribution < -0.4 is 0 Å². The molecule has 0 bridgehead atoms. The molecule has 7 heteroatoms. The van der Waals surface area contributed by atoms with E-state index in [-0.39, 0.29) is 23.2 Å². The molecule has 0 amide bonds. The van der Waals surface area contributed by atoms with Crippen LogP contribution in [-0.2, 0) is 6.54 Å². The van der Waals surface area contributed by atoms with Gasteiger partial charge in [-0.3, -0.25) is 9.89 Å². The summed E-state index contributed by atoms with van der Waals surface area (Å²) in [5, 5.41) is 15.9. The Balaban J connectivity index is 1.72. The maximum Gasteiger partial charge on any atom is 0.215 e. The quantitative estimate of drug-likeness (QED) is 0.431. The Bertz CT molecular complexity index is 835. The fourth-order valence-electron chi connectivity index (χ4n) is 2.09. The SMILES string of the molecule is O=C(C=C(O)c1nc[nH]n1)c1ccn(Cc2ccc(F)cc2)c1. The van der Waals surface area contributed by atoms with Crippen LogP contribution in [0.4, 0.5) is 4.39 Å². The van der Waals surface area contributed by atoms with Crippen molar-refractivity contribution in [3.05, 3.63) is 77.9 Å². The van der Waals surface area contributed by atoms with Crippen LogP contribution in [-0.4, -0.2) is 30.6 Å². The van der Waals surface area contributed by atoms with Gasteiger partial charge in [-0.2, -0.15) is 5.10 Å². The molecule has 0 radical (unpaired) electrons. The first kappa shape index (κ1) is 14.7. The lowest BCUT2D eigenvalue weighted by molar-refractivity contribution is 0.104. The van der Waals surface area contributed by atoms with Crippen LogP contribution >= 0.6 is 0 Å². The highest BCUT2D eigenvalue weighted by Crippen LogP contribution is 2.11. The van der Waals surface area contributed by atoms with E-state index in [0.29, 0.717) is 12.1 Å². The van der Waals surface area contributed by atoms with Gasteiger partial charge >= 0.3 is 0 Å². The molecule has 0 aliphatic rings. The standard InChI is InChI=1S/C16H13FN4O2/c17-13-3-1-11(2-4-13)8-21-6-5-12(9-21)14(22)7-15(23)16-18-10-19-20-16/h1-7,9-10,23H,8H2,(H,18,19,20). The van der Waals surface area contributed by atoms with Crippen molar-refractivity contribution in [3.8, 4) is 0 Å².